The molecule has 7 heteroatoms. The van der Waals surface area contributed by atoms with Gasteiger partial charge in [0.15, 0.2) is 0 Å². The van der Waals surface area contributed by atoms with Gasteiger partial charge in [0.2, 0.25) is 5.82 Å². The summed E-state index contributed by atoms with van der Waals surface area (Å²) in [6, 6.07) is 0. The number of H-pyrrole nitrogens is 1. The van der Waals surface area contributed by atoms with Crippen LogP contribution in [0.2, 0.25) is 0 Å². The maximum Gasteiger partial charge on any atom is 0.303 e. The second kappa shape index (κ2) is 5.83. The number of aliphatic carboxylic acids is 1. The first kappa shape index (κ1) is 15.5. The van der Waals surface area contributed by atoms with Crippen LogP contribution in [-0.4, -0.2) is 50.2 Å². The zero-order valence-corrected chi connectivity index (χ0v) is 12.7. The molecule has 0 saturated carbocycles. The van der Waals surface area contributed by atoms with Gasteiger partial charge < -0.3 is 10.0 Å². The van der Waals surface area contributed by atoms with Crippen molar-refractivity contribution in [3.8, 4) is 0 Å². The second-order valence-electron chi connectivity index (χ2n) is 6.59. The molecule has 1 aliphatic heterocycles. The summed E-state index contributed by atoms with van der Waals surface area (Å²) in [5.74, 6) is 0.0751. The predicted octanol–water partition coefficient (Wildman–Crippen LogP) is 1.43. The third kappa shape index (κ3) is 3.80. The maximum atomic E-state index is 12.3. The molecular weight excluding hydrogens is 272 g/mol. The maximum absolute atomic E-state index is 12.3. The SMILES string of the molecule is CC(C)(C)c1nc(C(=O)N2CCC(CC(=O)O)CC2)n[nH]1. The van der Waals surface area contributed by atoms with Gasteiger partial charge in [0.25, 0.3) is 5.91 Å². The number of piperidine rings is 1. The van der Waals surface area contributed by atoms with E-state index in [1.807, 2.05) is 20.8 Å². The molecule has 1 saturated heterocycles. The quantitative estimate of drug-likeness (QED) is 0.878. The molecule has 21 heavy (non-hydrogen) atoms. The van der Waals surface area contributed by atoms with Crippen LogP contribution in [0.1, 0.15) is 56.5 Å². The van der Waals surface area contributed by atoms with Crippen molar-refractivity contribution in [2.75, 3.05) is 13.1 Å². The van der Waals surface area contributed by atoms with Crippen LogP contribution in [-0.2, 0) is 10.2 Å². The molecule has 0 atom stereocenters. The molecule has 0 aromatic carbocycles. The van der Waals surface area contributed by atoms with Crippen molar-refractivity contribution < 1.29 is 14.7 Å². The number of aromatic amines is 1. The minimum Gasteiger partial charge on any atom is -0.481 e. The fourth-order valence-corrected chi connectivity index (χ4v) is 2.42. The Balaban J connectivity index is 1.96. The van der Waals surface area contributed by atoms with Gasteiger partial charge in [-0.1, -0.05) is 20.8 Å². The normalized spacial score (nSPS) is 17.0. The van der Waals surface area contributed by atoms with Crippen LogP contribution >= 0.6 is 0 Å². The highest BCUT2D eigenvalue weighted by atomic mass is 16.4. The Labute approximate surface area is 123 Å². The molecular formula is C14H22N4O3. The van der Waals surface area contributed by atoms with Gasteiger partial charge in [0.05, 0.1) is 0 Å². The van der Waals surface area contributed by atoms with Crippen molar-refractivity contribution >= 4 is 11.9 Å². The first-order chi connectivity index (χ1) is 9.77. The highest BCUT2D eigenvalue weighted by Gasteiger charge is 2.28. The van der Waals surface area contributed by atoms with Gasteiger partial charge in [-0.2, -0.15) is 0 Å². The van der Waals surface area contributed by atoms with E-state index in [2.05, 4.69) is 15.2 Å². The van der Waals surface area contributed by atoms with Crippen LogP contribution in [0, 0.1) is 5.92 Å². The van der Waals surface area contributed by atoms with E-state index in [1.54, 1.807) is 4.90 Å². The number of nitrogens with zero attached hydrogens (tertiary/aromatic N) is 3. The van der Waals surface area contributed by atoms with Crippen LogP contribution in [0.5, 0.6) is 0 Å². The summed E-state index contributed by atoms with van der Waals surface area (Å²) in [5, 5.41) is 15.6. The Morgan fingerprint density at radius 3 is 2.43 bits per heavy atom. The average Bonchev–Trinajstić information content (AvgIpc) is 2.87. The summed E-state index contributed by atoms with van der Waals surface area (Å²) in [6.07, 6.45) is 1.61. The lowest BCUT2D eigenvalue weighted by atomic mass is 9.93. The average molecular weight is 294 g/mol. The van der Waals surface area contributed by atoms with E-state index in [-0.39, 0.29) is 29.5 Å². The highest BCUT2D eigenvalue weighted by molar-refractivity contribution is 5.90. The topological polar surface area (TPSA) is 99.2 Å². The van der Waals surface area contributed by atoms with E-state index in [0.29, 0.717) is 31.8 Å². The first-order valence-electron chi connectivity index (χ1n) is 7.21. The van der Waals surface area contributed by atoms with Crippen LogP contribution in [0.25, 0.3) is 0 Å². The van der Waals surface area contributed by atoms with Gasteiger partial charge in [-0.3, -0.25) is 14.7 Å². The number of likely N-dealkylation sites (tertiary alicyclic amines) is 1. The molecule has 1 amide bonds. The van der Waals surface area contributed by atoms with Crippen molar-refractivity contribution in [2.45, 2.75) is 45.4 Å². The van der Waals surface area contributed by atoms with Crippen molar-refractivity contribution in [3.05, 3.63) is 11.6 Å². The van der Waals surface area contributed by atoms with Gasteiger partial charge in [0, 0.05) is 24.9 Å². The number of hydrogen-bond acceptors (Lipinski definition) is 4. The van der Waals surface area contributed by atoms with E-state index in [9.17, 15) is 9.59 Å². The molecule has 0 spiro atoms. The molecule has 0 bridgehead atoms. The van der Waals surface area contributed by atoms with Crippen molar-refractivity contribution in [1.82, 2.24) is 20.1 Å². The summed E-state index contributed by atoms with van der Waals surface area (Å²) >= 11 is 0. The summed E-state index contributed by atoms with van der Waals surface area (Å²) in [7, 11) is 0. The van der Waals surface area contributed by atoms with E-state index in [1.165, 1.54) is 0 Å². The zero-order chi connectivity index (χ0) is 15.6. The van der Waals surface area contributed by atoms with Gasteiger partial charge in [-0.25, -0.2) is 4.98 Å². The standard InChI is InChI=1S/C14H22N4O3/c1-14(2,3)13-15-11(16-17-13)12(21)18-6-4-9(5-7-18)8-10(19)20/h9H,4-8H2,1-3H3,(H,19,20)(H,15,16,17). The van der Waals surface area contributed by atoms with Crippen molar-refractivity contribution in [2.24, 2.45) is 5.92 Å². The number of rotatable bonds is 3. The number of carbonyl (C=O) groups excluding carboxylic acids is 1. The summed E-state index contributed by atoms with van der Waals surface area (Å²) in [5.41, 5.74) is -0.181. The van der Waals surface area contributed by atoms with Crippen LogP contribution in [0.3, 0.4) is 0 Å². The van der Waals surface area contributed by atoms with Gasteiger partial charge in [-0.15, -0.1) is 5.10 Å². The highest BCUT2D eigenvalue weighted by Crippen LogP contribution is 2.22. The number of carbonyl (C=O) groups is 2. The Kier molecular flexibility index (Phi) is 4.29. The molecule has 1 aromatic rings. The molecule has 116 valence electrons. The monoisotopic (exact) mass is 294 g/mol. The molecule has 7 nitrogen and oxygen atoms in total. The van der Waals surface area contributed by atoms with Gasteiger partial charge >= 0.3 is 5.97 Å². The number of nitrogens with one attached hydrogen (secondary N) is 1. The smallest absolute Gasteiger partial charge is 0.303 e. The predicted molar refractivity (Wildman–Crippen MR) is 76.0 cm³/mol. The Morgan fingerprint density at radius 1 is 1.33 bits per heavy atom. The fraction of sp³-hybridized carbons (Fsp3) is 0.714. The molecule has 1 fully saturated rings. The lowest BCUT2D eigenvalue weighted by molar-refractivity contribution is -0.138. The molecule has 2 heterocycles. The minimum atomic E-state index is -0.774. The van der Waals surface area contributed by atoms with E-state index < -0.39 is 5.97 Å². The number of aromatic nitrogens is 3. The summed E-state index contributed by atoms with van der Waals surface area (Å²) in [4.78, 5) is 29.0. The lowest BCUT2D eigenvalue weighted by Crippen LogP contribution is -2.39. The molecule has 0 aliphatic carbocycles. The Hall–Kier alpha value is -1.92. The minimum absolute atomic E-state index is 0.156. The second-order valence-corrected chi connectivity index (χ2v) is 6.59. The zero-order valence-electron chi connectivity index (χ0n) is 12.7. The van der Waals surface area contributed by atoms with Crippen molar-refractivity contribution in [3.63, 3.8) is 0 Å². The number of hydrogen-bond donors (Lipinski definition) is 2. The van der Waals surface area contributed by atoms with Crippen LogP contribution in [0.4, 0.5) is 0 Å². The van der Waals surface area contributed by atoms with Gasteiger partial charge in [-0.05, 0) is 18.8 Å². The molecule has 0 radical (unpaired) electrons. The van der Waals surface area contributed by atoms with Crippen LogP contribution in [0.15, 0.2) is 0 Å². The van der Waals surface area contributed by atoms with Crippen molar-refractivity contribution in [1.29, 1.82) is 0 Å². The largest absolute Gasteiger partial charge is 0.481 e. The Morgan fingerprint density at radius 2 is 1.95 bits per heavy atom. The number of carboxylic acids is 1. The van der Waals surface area contributed by atoms with E-state index in [4.69, 9.17) is 5.11 Å². The Bertz CT molecular complexity index is 525. The molecule has 1 aromatic heterocycles. The summed E-state index contributed by atoms with van der Waals surface area (Å²) in [6.45, 7) is 7.13. The number of amides is 1. The number of carboxylic acid groups (broad SMARTS) is 1. The van der Waals surface area contributed by atoms with E-state index >= 15 is 0 Å². The lowest BCUT2D eigenvalue weighted by Gasteiger charge is -2.30. The first-order valence-corrected chi connectivity index (χ1v) is 7.21. The van der Waals surface area contributed by atoms with Crippen LogP contribution < -0.4 is 0 Å². The molecule has 2 N–H and O–H groups in total. The molecule has 1 aliphatic rings. The summed E-state index contributed by atoms with van der Waals surface area (Å²) < 4.78 is 0. The van der Waals surface area contributed by atoms with Gasteiger partial charge in [0.1, 0.15) is 5.82 Å². The third-order valence-corrected chi connectivity index (χ3v) is 3.75. The third-order valence-electron chi connectivity index (χ3n) is 3.75. The van der Waals surface area contributed by atoms with E-state index in [0.717, 1.165) is 0 Å². The fourth-order valence-electron chi connectivity index (χ4n) is 2.42. The molecule has 0 unspecified atom stereocenters. The molecule has 2 rings (SSSR count).